The van der Waals surface area contributed by atoms with Gasteiger partial charge >= 0.3 is 0 Å². The van der Waals surface area contributed by atoms with Gasteiger partial charge in [-0.1, -0.05) is 31.6 Å². The second-order valence-corrected chi connectivity index (χ2v) is 9.30. The summed E-state index contributed by atoms with van der Waals surface area (Å²) >= 11 is 0. The highest BCUT2D eigenvalue weighted by molar-refractivity contribution is 7.90. The van der Waals surface area contributed by atoms with E-state index in [1.165, 1.54) is 5.57 Å². The van der Waals surface area contributed by atoms with Crippen molar-refractivity contribution in [3.05, 3.63) is 47.7 Å². The highest BCUT2D eigenvalue weighted by Crippen LogP contribution is 2.36. The van der Waals surface area contributed by atoms with Crippen molar-refractivity contribution < 1.29 is 8.42 Å². The average molecular weight is 414 g/mol. The quantitative estimate of drug-likeness (QED) is 0.751. The Morgan fingerprint density at radius 3 is 2.83 bits per heavy atom. The summed E-state index contributed by atoms with van der Waals surface area (Å²) in [7, 11) is 0.250. The molecule has 0 bridgehead atoms. The van der Waals surface area contributed by atoms with E-state index in [1.807, 2.05) is 32.6 Å². The second kappa shape index (κ2) is 7.76. The lowest BCUT2D eigenvalue weighted by molar-refractivity contribution is 0.248. The van der Waals surface area contributed by atoms with Crippen molar-refractivity contribution in [3.8, 4) is 0 Å². The third-order valence-electron chi connectivity index (χ3n) is 5.42. The van der Waals surface area contributed by atoms with Crippen LogP contribution in [0.15, 0.2) is 62.0 Å². The minimum absolute atomic E-state index is 0.0421. The fourth-order valence-electron chi connectivity index (χ4n) is 4.10. The fourth-order valence-corrected chi connectivity index (χ4v) is 5.24. The van der Waals surface area contributed by atoms with Gasteiger partial charge in [-0.15, -0.1) is 4.40 Å². The molecule has 29 heavy (non-hydrogen) atoms. The topological polar surface area (TPSA) is 77.4 Å². The van der Waals surface area contributed by atoms with Gasteiger partial charge in [0.25, 0.3) is 10.0 Å². The smallest absolute Gasteiger partial charge is 0.286 e. The van der Waals surface area contributed by atoms with Gasteiger partial charge in [0.2, 0.25) is 0 Å². The van der Waals surface area contributed by atoms with Gasteiger partial charge in [0.15, 0.2) is 5.84 Å². The first-order valence-corrected chi connectivity index (χ1v) is 11.4. The number of allylic oxidation sites excluding steroid dienone is 1. The van der Waals surface area contributed by atoms with Crippen LogP contribution in [0.25, 0.3) is 0 Å². The van der Waals surface area contributed by atoms with Gasteiger partial charge in [-0.3, -0.25) is 9.89 Å². The molecule has 4 rings (SSSR count). The number of dihydropyridines is 1. The van der Waals surface area contributed by atoms with Crippen molar-refractivity contribution in [3.63, 3.8) is 0 Å². The number of aliphatic imine (C=N–C) groups is 1. The van der Waals surface area contributed by atoms with Crippen molar-refractivity contribution in [2.24, 2.45) is 9.39 Å². The molecular formula is C21H27N5O2S. The lowest BCUT2D eigenvalue weighted by atomic mass is 9.89. The number of amidine groups is 1. The molecule has 3 heterocycles. The van der Waals surface area contributed by atoms with E-state index in [9.17, 15) is 8.42 Å². The van der Waals surface area contributed by atoms with E-state index >= 15 is 0 Å². The monoisotopic (exact) mass is 413 g/mol. The number of nitrogens with zero attached hydrogens (tertiary/aromatic N) is 4. The van der Waals surface area contributed by atoms with Crippen molar-refractivity contribution in [2.45, 2.75) is 43.3 Å². The molecule has 0 radical (unpaired) electrons. The van der Waals surface area contributed by atoms with Crippen molar-refractivity contribution in [2.75, 3.05) is 26.0 Å². The molecule has 0 saturated carbocycles. The number of likely N-dealkylation sites (N-methyl/N-ethyl adjacent to an activating group) is 1. The highest BCUT2D eigenvalue weighted by Gasteiger charge is 2.39. The number of hydrogen-bond donors (Lipinski definition) is 1. The molecule has 0 fully saturated rings. The van der Waals surface area contributed by atoms with E-state index in [0.717, 1.165) is 31.4 Å². The maximum absolute atomic E-state index is 12.8. The molecule has 154 valence electrons. The third kappa shape index (κ3) is 3.62. The van der Waals surface area contributed by atoms with E-state index in [2.05, 4.69) is 32.5 Å². The van der Waals surface area contributed by atoms with Gasteiger partial charge < -0.3 is 10.2 Å². The first-order valence-electron chi connectivity index (χ1n) is 9.99. The Hall–Kier alpha value is -2.45. The number of unbranched alkanes of at least 4 members (excludes halogenated alkanes) is 1. The molecule has 0 saturated heterocycles. The van der Waals surface area contributed by atoms with E-state index in [1.54, 1.807) is 18.2 Å². The number of fused-ring (bicyclic) bond motifs is 2. The Labute approximate surface area is 172 Å². The molecule has 0 amide bonds. The maximum atomic E-state index is 12.8. The van der Waals surface area contributed by atoms with Crippen molar-refractivity contribution in [1.29, 1.82) is 0 Å². The Bertz CT molecular complexity index is 1020. The maximum Gasteiger partial charge on any atom is 0.286 e. The Balaban J connectivity index is 1.82. The number of nitrogens with one attached hydrogen (secondary N) is 1. The highest BCUT2D eigenvalue weighted by atomic mass is 32.2. The van der Waals surface area contributed by atoms with Gasteiger partial charge in [0, 0.05) is 31.0 Å². The van der Waals surface area contributed by atoms with Crippen LogP contribution in [0.4, 0.5) is 5.69 Å². The molecule has 0 aromatic heterocycles. The molecule has 3 aliphatic rings. The number of benzene rings is 1. The molecular weight excluding hydrogens is 386 g/mol. The summed E-state index contributed by atoms with van der Waals surface area (Å²) in [6.07, 6.45) is 9.06. The van der Waals surface area contributed by atoms with Crippen LogP contribution in [0, 0.1) is 0 Å². The Morgan fingerprint density at radius 1 is 1.28 bits per heavy atom. The number of hydrogen-bond acceptors (Lipinski definition) is 6. The summed E-state index contributed by atoms with van der Waals surface area (Å²) in [6.45, 7) is 3.02. The largest absolute Gasteiger partial charge is 0.352 e. The van der Waals surface area contributed by atoms with Crippen LogP contribution in [0.2, 0.25) is 0 Å². The first kappa shape index (κ1) is 19.8. The van der Waals surface area contributed by atoms with Crippen LogP contribution < -0.4 is 5.32 Å². The van der Waals surface area contributed by atoms with Crippen LogP contribution in [-0.4, -0.2) is 63.1 Å². The molecule has 2 atom stereocenters. The zero-order valence-electron chi connectivity index (χ0n) is 17.0. The van der Waals surface area contributed by atoms with E-state index in [-0.39, 0.29) is 17.1 Å². The summed E-state index contributed by atoms with van der Waals surface area (Å²) in [4.78, 5) is 9.26. The fraction of sp³-hybridized carbons (Fsp3) is 0.429. The molecule has 1 aromatic rings. The van der Waals surface area contributed by atoms with Gasteiger partial charge in [-0.05, 0) is 38.2 Å². The Morgan fingerprint density at radius 2 is 2.07 bits per heavy atom. The summed E-state index contributed by atoms with van der Waals surface area (Å²) in [5.41, 5.74) is 2.59. The first-order chi connectivity index (χ1) is 13.9. The van der Waals surface area contributed by atoms with Crippen LogP contribution in [-0.2, 0) is 10.0 Å². The average Bonchev–Trinajstić information content (AvgIpc) is 2.70. The molecule has 7 nitrogen and oxygen atoms in total. The number of sulfonamides is 1. The summed E-state index contributed by atoms with van der Waals surface area (Å²) in [5, 5.41) is 3.26. The number of anilines is 1. The molecule has 0 aliphatic carbocycles. The number of rotatable bonds is 5. The molecule has 2 unspecified atom stereocenters. The zero-order valence-corrected chi connectivity index (χ0v) is 17.9. The lowest BCUT2D eigenvalue weighted by Crippen LogP contribution is -2.49. The van der Waals surface area contributed by atoms with E-state index in [0.29, 0.717) is 11.5 Å². The molecule has 1 aromatic carbocycles. The van der Waals surface area contributed by atoms with Crippen LogP contribution in [0.3, 0.4) is 0 Å². The van der Waals surface area contributed by atoms with Gasteiger partial charge in [-0.25, -0.2) is 0 Å². The van der Waals surface area contributed by atoms with Crippen LogP contribution in [0.1, 0.15) is 26.2 Å². The Kier molecular flexibility index (Phi) is 5.31. The van der Waals surface area contributed by atoms with Gasteiger partial charge in [-0.2, -0.15) is 8.42 Å². The standard InChI is InChI=1S/C21H27N5O2S/c1-4-5-13-26-14-16(19(25(2)3)15-9-8-12-22-21(15)26)20-23-17-10-6-7-11-18(17)29(27,28)24-20/h6-7,9-12,14,19,21H,4-5,8,13H2,1-3H3,(H,23,24). The van der Waals surface area contributed by atoms with E-state index in [4.69, 9.17) is 4.99 Å². The molecule has 3 aliphatic heterocycles. The summed E-state index contributed by atoms with van der Waals surface area (Å²) < 4.78 is 29.8. The van der Waals surface area contributed by atoms with E-state index < -0.39 is 10.0 Å². The molecule has 1 N–H and O–H groups in total. The normalized spacial score (nSPS) is 24.8. The summed E-state index contributed by atoms with van der Waals surface area (Å²) in [6, 6.07) is 6.80. The SMILES string of the molecule is CCCCN1C=C(C2=NS(=O)(=O)c3ccccc3N2)C(N(C)C)C2=CCC=NC21. The zero-order chi connectivity index (χ0) is 20.6. The van der Waals surface area contributed by atoms with Gasteiger partial charge in [0.1, 0.15) is 11.1 Å². The predicted octanol–water partition coefficient (Wildman–Crippen LogP) is 2.86. The third-order valence-corrected chi connectivity index (χ3v) is 6.76. The molecule has 0 spiro atoms. The predicted molar refractivity (Wildman–Crippen MR) is 117 cm³/mol. The van der Waals surface area contributed by atoms with Crippen LogP contribution >= 0.6 is 0 Å². The molecule has 8 heteroatoms. The summed E-state index contributed by atoms with van der Waals surface area (Å²) in [5.74, 6) is 0.387. The second-order valence-electron chi connectivity index (χ2n) is 7.72. The van der Waals surface area contributed by atoms with Gasteiger partial charge in [0.05, 0.1) is 11.7 Å². The van der Waals surface area contributed by atoms with Crippen molar-refractivity contribution >= 4 is 27.8 Å². The van der Waals surface area contributed by atoms with Crippen molar-refractivity contribution in [1.82, 2.24) is 9.80 Å². The lowest BCUT2D eigenvalue weighted by Gasteiger charge is -2.43. The minimum Gasteiger partial charge on any atom is -0.352 e. The number of para-hydroxylation sites is 1. The minimum atomic E-state index is -3.75. The van der Waals surface area contributed by atoms with Crippen LogP contribution in [0.5, 0.6) is 0 Å².